The molecular formula is C33H40O5. The summed E-state index contributed by atoms with van der Waals surface area (Å²) in [5.74, 6) is 1.02. The first kappa shape index (κ1) is 27.6. The molecule has 3 aromatic rings. The minimum Gasteiger partial charge on any atom is -0.508 e. The Bertz CT molecular complexity index is 1280. The van der Waals surface area contributed by atoms with Crippen LogP contribution in [0.5, 0.6) is 17.2 Å². The molecule has 1 saturated carbocycles. The molecule has 0 heterocycles. The van der Waals surface area contributed by atoms with Crippen LogP contribution in [0, 0.1) is 34.6 Å². The van der Waals surface area contributed by atoms with Gasteiger partial charge in [-0.2, -0.15) is 0 Å². The molecule has 5 nitrogen and oxygen atoms in total. The third-order valence-electron chi connectivity index (χ3n) is 8.07. The lowest BCUT2D eigenvalue weighted by Crippen LogP contribution is -2.17. The standard InChI is InChI=1S/C33H40O5/c1-19-15-29(34)21(3)13-26(19)32(27-14-22(4)30(35)16-20(27)2)28-17-25(24-10-8-7-9-11-24)12-23(5)33(28)38-18-31(36)37-6/h12-17,24,32,34-35H,7-11,18H2,1-6H3. The average Bonchev–Trinajstić information content (AvgIpc) is 2.89. The van der Waals surface area contributed by atoms with Crippen LogP contribution in [0.15, 0.2) is 36.4 Å². The Hall–Kier alpha value is -3.47. The van der Waals surface area contributed by atoms with E-state index in [9.17, 15) is 15.0 Å². The predicted octanol–water partition coefficient (Wildman–Crippen LogP) is 7.42. The summed E-state index contributed by atoms with van der Waals surface area (Å²) in [7, 11) is 1.36. The lowest BCUT2D eigenvalue weighted by Gasteiger charge is -2.29. The normalized spacial score (nSPS) is 14.1. The Morgan fingerprint density at radius 2 is 1.32 bits per heavy atom. The molecule has 0 unspecified atom stereocenters. The van der Waals surface area contributed by atoms with Gasteiger partial charge in [0.25, 0.3) is 0 Å². The summed E-state index contributed by atoms with van der Waals surface area (Å²) in [6.07, 6.45) is 6.08. The van der Waals surface area contributed by atoms with Crippen LogP contribution in [-0.2, 0) is 9.53 Å². The highest BCUT2D eigenvalue weighted by Gasteiger charge is 2.29. The molecule has 0 aromatic heterocycles. The van der Waals surface area contributed by atoms with E-state index in [2.05, 4.69) is 12.1 Å². The van der Waals surface area contributed by atoms with Gasteiger partial charge in [-0.3, -0.25) is 0 Å². The maximum Gasteiger partial charge on any atom is 0.343 e. The second kappa shape index (κ2) is 11.5. The average molecular weight is 517 g/mol. The summed E-state index contributed by atoms with van der Waals surface area (Å²) in [5, 5.41) is 20.9. The Balaban J connectivity index is 2.02. The van der Waals surface area contributed by atoms with E-state index >= 15 is 0 Å². The number of rotatable bonds is 7. The fourth-order valence-electron chi connectivity index (χ4n) is 5.87. The van der Waals surface area contributed by atoms with Crippen molar-refractivity contribution in [3.8, 4) is 17.2 Å². The minimum atomic E-state index is -0.434. The summed E-state index contributed by atoms with van der Waals surface area (Å²) in [4.78, 5) is 12.1. The number of methoxy groups -OCH3 is 1. The molecule has 3 aromatic carbocycles. The van der Waals surface area contributed by atoms with Gasteiger partial charge >= 0.3 is 5.97 Å². The number of benzene rings is 3. The van der Waals surface area contributed by atoms with Gasteiger partial charge in [0.1, 0.15) is 17.2 Å². The highest BCUT2D eigenvalue weighted by molar-refractivity contribution is 5.71. The zero-order valence-electron chi connectivity index (χ0n) is 23.5. The van der Waals surface area contributed by atoms with Crippen LogP contribution in [0.3, 0.4) is 0 Å². The number of ether oxygens (including phenoxy) is 2. The first-order valence-corrected chi connectivity index (χ1v) is 13.5. The molecule has 5 heteroatoms. The SMILES string of the molecule is COC(=O)COc1c(C)cc(C2CCCCC2)cc1C(c1cc(C)c(O)cc1C)c1cc(C)c(O)cc1C. The van der Waals surface area contributed by atoms with Crippen LogP contribution < -0.4 is 4.74 Å². The van der Waals surface area contributed by atoms with Crippen molar-refractivity contribution in [2.24, 2.45) is 0 Å². The molecule has 0 radical (unpaired) electrons. The van der Waals surface area contributed by atoms with Gasteiger partial charge in [0, 0.05) is 11.5 Å². The van der Waals surface area contributed by atoms with Crippen molar-refractivity contribution in [1.29, 1.82) is 0 Å². The molecule has 1 aliphatic rings. The Morgan fingerprint density at radius 1 is 0.763 bits per heavy atom. The first-order chi connectivity index (χ1) is 18.1. The highest BCUT2D eigenvalue weighted by Crippen LogP contribution is 2.46. The largest absolute Gasteiger partial charge is 0.508 e. The molecule has 202 valence electrons. The molecule has 0 spiro atoms. The highest BCUT2D eigenvalue weighted by atomic mass is 16.6. The van der Waals surface area contributed by atoms with E-state index in [0.29, 0.717) is 11.7 Å². The van der Waals surface area contributed by atoms with Gasteiger partial charge in [0.15, 0.2) is 6.61 Å². The van der Waals surface area contributed by atoms with Gasteiger partial charge in [-0.1, -0.05) is 43.5 Å². The Kier molecular flexibility index (Phi) is 8.35. The molecule has 0 bridgehead atoms. The maximum absolute atomic E-state index is 12.1. The summed E-state index contributed by atoms with van der Waals surface area (Å²) in [6, 6.07) is 12.2. The van der Waals surface area contributed by atoms with Gasteiger partial charge in [-0.25, -0.2) is 4.79 Å². The lowest BCUT2D eigenvalue weighted by molar-refractivity contribution is -0.142. The Labute approximate surface area is 226 Å². The van der Waals surface area contributed by atoms with E-state index in [0.717, 1.165) is 44.5 Å². The molecule has 0 amide bonds. The van der Waals surface area contributed by atoms with Gasteiger partial charge in [-0.05, 0) is 110 Å². The van der Waals surface area contributed by atoms with Crippen molar-refractivity contribution in [3.63, 3.8) is 0 Å². The molecule has 0 atom stereocenters. The lowest BCUT2D eigenvalue weighted by atomic mass is 9.76. The number of aryl methyl sites for hydroxylation is 5. The van der Waals surface area contributed by atoms with Crippen LogP contribution in [0.25, 0.3) is 0 Å². The third kappa shape index (κ3) is 5.67. The molecule has 4 rings (SSSR count). The van der Waals surface area contributed by atoms with Crippen molar-refractivity contribution in [3.05, 3.63) is 86.5 Å². The first-order valence-electron chi connectivity index (χ1n) is 13.5. The van der Waals surface area contributed by atoms with Crippen molar-refractivity contribution < 1.29 is 24.5 Å². The number of carbonyl (C=O) groups is 1. The second-order valence-corrected chi connectivity index (χ2v) is 10.9. The Morgan fingerprint density at radius 3 is 1.84 bits per heavy atom. The number of aromatic hydroxyl groups is 2. The zero-order chi connectivity index (χ0) is 27.6. The summed E-state index contributed by atoms with van der Waals surface area (Å²) in [5.41, 5.74) is 8.88. The number of esters is 1. The number of carbonyl (C=O) groups excluding carboxylic acids is 1. The summed E-state index contributed by atoms with van der Waals surface area (Å²) < 4.78 is 11.1. The zero-order valence-corrected chi connectivity index (χ0v) is 23.5. The van der Waals surface area contributed by atoms with Crippen LogP contribution in [0.4, 0.5) is 0 Å². The smallest absolute Gasteiger partial charge is 0.343 e. The molecule has 38 heavy (non-hydrogen) atoms. The quantitative estimate of drug-likeness (QED) is 0.252. The number of phenols is 2. The molecule has 0 saturated heterocycles. The summed E-state index contributed by atoms with van der Waals surface area (Å²) >= 11 is 0. The van der Waals surface area contributed by atoms with E-state index in [1.807, 2.05) is 58.9 Å². The van der Waals surface area contributed by atoms with Gasteiger partial charge in [-0.15, -0.1) is 0 Å². The van der Waals surface area contributed by atoms with Crippen molar-refractivity contribution in [1.82, 2.24) is 0 Å². The minimum absolute atomic E-state index is 0.180. The molecular weight excluding hydrogens is 476 g/mol. The fraction of sp³-hybridized carbons (Fsp3) is 0.424. The maximum atomic E-state index is 12.1. The van der Waals surface area contributed by atoms with Gasteiger partial charge in [0.05, 0.1) is 7.11 Å². The number of hydrogen-bond acceptors (Lipinski definition) is 5. The molecule has 2 N–H and O–H groups in total. The number of hydrogen-bond donors (Lipinski definition) is 2. The van der Waals surface area contributed by atoms with Crippen molar-refractivity contribution >= 4 is 5.97 Å². The molecule has 1 aliphatic carbocycles. The van der Waals surface area contributed by atoms with Gasteiger partial charge in [0.2, 0.25) is 0 Å². The van der Waals surface area contributed by atoms with Crippen LogP contribution in [-0.4, -0.2) is 29.9 Å². The predicted molar refractivity (Wildman–Crippen MR) is 151 cm³/mol. The topological polar surface area (TPSA) is 76.0 Å². The summed E-state index contributed by atoms with van der Waals surface area (Å²) in [6.45, 7) is 9.70. The van der Waals surface area contributed by atoms with Crippen LogP contribution in [0.1, 0.15) is 94.0 Å². The van der Waals surface area contributed by atoms with Crippen LogP contribution in [0.2, 0.25) is 0 Å². The van der Waals surface area contributed by atoms with Gasteiger partial charge < -0.3 is 19.7 Å². The van der Waals surface area contributed by atoms with E-state index in [4.69, 9.17) is 9.47 Å². The van der Waals surface area contributed by atoms with Crippen molar-refractivity contribution in [2.45, 2.75) is 78.6 Å². The van der Waals surface area contributed by atoms with E-state index in [1.165, 1.54) is 44.8 Å². The third-order valence-corrected chi connectivity index (χ3v) is 8.07. The molecule has 1 fully saturated rings. The fourth-order valence-corrected chi connectivity index (χ4v) is 5.87. The molecule has 0 aliphatic heterocycles. The second-order valence-electron chi connectivity index (χ2n) is 10.9. The van der Waals surface area contributed by atoms with E-state index in [1.54, 1.807) is 0 Å². The van der Waals surface area contributed by atoms with Crippen molar-refractivity contribution in [2.75, 3.05) is 13.7 Å². The monoisotopic (exact) mass is 516 g/mol. The van der Waals surface area contributed by atoms with E-state index in [-0.39, 0.29) is 24.0 Å². The van der Waals surface area contributed by atoms with E-state index < -0.39 is 5.97 Å². The number of phenolic OH excluding ortho intramolecular Hbond substituents is 2. The van der Waals surface area contributed by atoms with Crippen LogP contribution >= 0.6 is 0 Å².